The molecule has 9 heteroatoms. The summed E-state index contributed by atoms with van der Waals surface area (Å²) in [5.41, 5.74) is 0.609. The summed E-state index contributed by atoms with van der Waals surface area (Å²) in [5.74, 6) is -0.613. The summed E-state index contributed by atoms with van der Waals surface area (Å²) in [4.78, 5) is 27.1. The van der Waals surface area contributed by atoms with Gasteiger partial charge in [0, 0.05) is 11.4 Å². The average molecular weight is 402 g/mol. The van der Waals surface area contributed by atoms with Gasteiger partial charge in [0.25, 0.3) is 5.69 Å². The molecule has 0 unspecified atom stereocenters. The number of benzene rings is 2. The third-order valence-corrected chi connectivity index (χ3v) is 4.65. The van der Waals surface area contributed by atoms with Gasteiger partial charge < -0.3 is 9.47 Å². The number of nitro benzene ring substituents is 1. The van der Waals surface area contributed by atoms with Crippen LogP contribution in [-0.4, -0.2) is 15.9 Å². The molecule has 3 aromatic rings. The van der Waals surface area contributed by atoms with Crippen molar-refractivity contribution in [2.24, 2.45) is 0 Å². The van der Waals surface area contributed by atoms with Crippen molar-refractivity contribution in [1.82, 2.24) is 4.98 Å². The third kappa shape index (κ3) is 4.68. The molecule has 2 aromatic carbocycles. The summed E-state index contributed by atoms with van der Waals surface area (Å²) in [6.07, 6.45) is 0. The van der Waals surface area contributed by atoms with E-state index in [1.165, 1.54) is 47.7 Å². The van der Waals surface area contributed by atoms with Gasteiger partial charge in [-0.3, -0.25) is 10.1 Å². The van der Waals surface area contributed by atoms with Crippen molar-refractivity contribution >= 4 is 23.0 Å². The highest BCUT2D eigenvalue weighted by Gasteiger charge is 2.23. The van der Waals surface area contributed by atoms with E-state index in [1.807, 2.05) is 0 Å². The van der Waals surface area contributed by atoms with E-state index in [0.29, 0.717) is 22.0 Å². The molecule has 0 spiro atoms. The number of thiazole rings is 1. The zero-order chi connectivity index (χ0) is 20.1. The number of hydrogen-bond acceptors (Lipinski definition) is 7. The Morgan fingerprint density at radius 3 is 2.68 bits per heavy atom. The number of hydrogen-bond donors (Lipinski definition) is 0. The van der Waals surface area contributed by atoms with Crippen molar-refractivity contribution in [2.75, 3.05) is 0 Å². The molecule has 1 heterocycles. The molecule has 1 aromatic heterocycles. The van der Waals surface area contributed by atoms with Crippen LogP contribution in [0.5, 0.6) is 5.75 Å². The first-order valence-corrected chi connectivity index (χ1v) is 9.05. The number of rotatable bonds is 7. The van der Waals surface area contributed by atoms with E-state index in [-0.39, 0.29) is 30.3 Å². The lowest BCUT2D eigenvalue weighted by atomic mass is 10.1. The van der Waals surface area contributed by atoms with Gasteiger partial charge in [0.1, 0.15) is 35.4 Å². The SMILES string of the molecule is Cc1cccc([N+](=O)[O-])c1C(=O)OCc1csc(COc2ccc(F)cc2)n1. The first-order chi connectivity index (χ1) is 13.4. The van der Waals surface area contributed by atoms with Crippen LogP contribution in [0, 0.1) is 22.9 Å². The third-order valence-electron chi connectivity index (χ3n) is 3.78. The summed E-state index contributed by atoms with van der Waals surface area (Å²) in [5, 5.41) is 13.5. The van der Waals surface area contributed by atoms with Gasteiger partial charge in [0.2, 0.25) is 0 Å². The summed E-state index contributed by atoms with van der Waals surface area (Å²) in [7, 11) is 0. The molecule has 0 N–H and O–H groups in total. The molecule has 0 bridgehead atoms. The van der Waals surface area contributed by atoms with Gasteiger partial charge in [-0.25, -0.2) is 14.2 Å². The van der Waals surface area contributed by atoms with Crippen LogP contribution in [0.4, 0.5) is 10.1 Å². The number of esters is 1. The van der Waals surface area contributed by atoms with Gasteiger partial charge in [0.05, 0.1) is 10.6 Å². The largest absolute Gasteiger partial charge is 0.486 e. The fourth-order valence-corrected chi connectivity index (χ4v) is 3.13. The highest BCUT2D eigenvalue weighted by atomic mass is 32.1. The Balaban J connectivity index is 1.59. The van der Waals surface area contributed by atoms with Crippen LogP contribution in [0.3, 0.4) is 0 Å². The number of carbonyl (C=O) groups excluding carboxylic acids is 1. The number of nitro groups is 1. The minimum atomic E-state index is -0.776. The monoisotopic (exact) mass is 402 g/mol. The van der Waals surface area contributed by atoms with Gasteiger partial charge in [-0.1, -0.05) is 12.1 Å². The number of carbonyl (C=O) groups is 1. The van der Waals surface area contributed by atoms with Crippen LogP contribution < -0.4 is 4.74 Å². The van der Waals surface area contributed by atoms with E-state index in [1.54, 1.807) is 18.4 Å². The smallest absolute Gasteiger partial charge is 0.345 e. The number of aromatic nitrogens is 1. The van der Waals surface area contributed by atoms with Crippen LogP contribution >= 0.6 is 11.3 Å². The molecule has 7 nitrogen and oxygen atoms in total. The zero-order valence-electron chi connectivity index (χ0n) is 14.8. The molecule has 0 atom stereocenters. The standard InChI is InChI=1S/C19H15FN2O5S/c1-12-3-2-4-16(22(24)25)18(12)19(23)27-9-14-11-28-17(21-14)10-26-15-7-5-13(20)6-8-15/h2-8,11H,9-10H2,1H3. The maximum absolute atomic E-state index is 12.9. The first kappa shape index (κ1) is 19.4. The Morgan fingerprint density at radius 1 is 1.21 bits per heavy atom. The lowest BCUT2D eigenvalue weighted by Crippen LogP contribution is -2.10. The molecule has 0 saturated heterocycles. The second-order valence-corrected chi connectivity index (χ2v) is 6.72. The molecule has 144 valence electrons. The number of nitrogens with zero attached hydrogens (tertiary/aromatic N) is 2. The molecule has 0 amide bonds. The zero-order valence-corrected chi connectivity index (χ0v) is 15.6. The molecule has 0 aliphatic rings. The Labute approximate surface area is 163 Å². The second kappa shape index (κ2) is 8.57. The molecule has 3 rings (SSSR count). The van der Waals surface area contributed by atoms with Crippen LogP contribution in [0.2, 0.25) is 0 Å². The van der Waals surface area contributed by atoms with Gasteiger partial charge in [0.15, 0.2) is 0 Å². The molecular formula is C19H15FN2O5S. The minimum Gasteiger partial charge on any atom is -0.486 e. The van der Waals surface area contributed by atoms with E-state index in [2.05, 4.69) is 4.98 Å². The van der Waals surface area contributed by atoms with Crippen LogP contribution in [0.15, 0.2) is 47.8 Å². The molecule has 0 radical (unpaired) electrons. The maximum Gasteiger partial charge on any atom is 0.345 e. The van der Waals surface area contributed by atoms with Crippen molar-refractivity contribution < 1.29 is 23.6 Å². The fraction of sp³-hybridized carbons (Fsp3) is 0.158. The van der Waals surface area contributed by atoms with Crippen LogP contribution in [0.25, 0.3) is 0 Å². The van der Waals surface area contributed by atoms with Crippen molar-refractivity contribution in [3.63, 3.8) is 0 Å². The minimum absolute atomic E-state index is 0.0670. The quantitative estimate of drug-likeness (QED) is 0.330. The first-order valence-electron chi connectivity index (χ1n) is 8.17. The summed E-state index contributed by atoms with van der Waals surface area (Å²) in [6, 6.07) is 10.0. The molecule has 0 aliphatic heterocycles. The van der Waals surface area contributed by atoms with Crippen molar-refractivity contribution in [1.29, 1.82) is 0 Å². The van der Waals surface area contributed by atoms with E-state index in [9.17, 15) is 19.3 Å². The number of aryl methyl sites for hydroxylation is 1. The Morgan fingerprint density at radius 2 is 1.96 bits per heavy atom. The Bertz CT molecular complexity index is 1000. The number of halogens is 1. The Hall–Kier alpha value is -3.33. The van der Waals surface area contributed by atoms with Crippen molar-refractivity contribution in [3.8, 4) is 5.75 Å². The van der Waals surface area contributed by atoms with Gasteiger partial charge in [-0.05, 0) is 36.8 Å². The van der Waals surface area contributed by atoms with Crippen LogP contribution in [0.1, 0.15) is 26.6 Å². The molecule has 0 fully saturated rings. The van der Waals surface area contributed by atoms with E-state index >= 15 is 0 Å². The van der Waals surface area contributed by atoms with E-state index in [4.69, 9.17) is 9.47 Å². The maximum atomic E-state index is 12.9. The predicted octanol–water partition coefficient (Wildman–Crippen LogP) is 4.43. The molecular weight excluding hydrogens is 387 g/mol. The number of ether oxygens (including phenoxy) is 2. The second-order valence-electron chi connectivity index (χ2n) is 5.78. The van der Waals surface area contributed by atoms with Gasteiger partial charge >= 0.3 is 5.97 Å². The normalized spacial score (nSPS) is 10.5. The molecule has 0 saturated carbocycles. The highest BCUT2D eigenvalue weighted by molar-refractivity contribution is 7.09. The molecule has 28 heavy (non-hydrogen) atoms. The molecule has 0 aliphatic carbocycles. The predicted molar refractivity (Wildman–Crippen MR) is 99.8 cm³/mol. The lowest BCUT2D eigenvalue weighted by Gasteiger charge is -2.06. The fourth-order valence-electron chi connectivity index (χ4n) is 2.44. The summed E-state index contributed by atoms with van der Waals surface area (Å²) < 4.78 is 23.6. The van der Waals surface area contributed by atoms with E-state index in [0.717, 1.165) is 0 Å². The summed E-state index contributed by atoms with van der Waals surface area (Å²) in [6.45, 7) is 1.68. The van der Waals surface area contributed by atoms with Crippen molar-refractivity contribution in [3.05, 3.63) is 85.6 Å². The van der Waals surface area contributed by atoms with E-state index < -0.39 is 10.9 Å². The highest BCUT2D eigenvalue weighted by Crippen LogP contribution is 2.23. The van der Waals surface area contributed by atoms with Gasteiger partial charge in [-0.2, -0.15) is 0 Å². The Kier molecular flexibility index (Phi) is 5.95. The van der Waals surface area contributed by atoms with Crippen LogP contribution in [-0.2, 0) is 18.0 Å². The van der Waals surface area contributed by atoms with Crippen molar-refractivity contribution in [2.45, 2.75) is 20.1 Å². The summed E-state index contributed by atoms with van der Waals surface area (Å²) >= 11 is 1.32. The average Bonchev–Trinajstić information content (AvgIpc) is 3.13. The topological polar surface area (TPSA) is 91.6 Å². The van der Waals surface area contributed by atoms with Gasteiger partial charge in [-0.15, -0.1) is 11.3 Å². The lowest BCUT2D eigenvalue weighted by molar-refractivity contribution is -0.385.